The van der Waals surface area contributed by atoms with Crippen LogP contribution in [0, 0.1) is 0 Å². The summed E-state index contributed by atoms with van der Waals surface area (Å²) in [6.07, 6.45) is 0. The first kappa shape index (κ1) is 12.8. The number of ether oxygens (including phenoxy) is 2. The molecule has 0 atom stereocenters. The zero-order valence-electron chi connectivity index (χ0n) is 9.87. The van der Waals surface area contributed by atoms with Crippen molar-refractivity contribution in [2.75, 3.05) is 26.6 Å². The highest BCUT2D eigenvalue weighted by Gasteiger charge is 2.12. The quantitative estimate of drug-likeness (QED) is 0.747. The number of rotatable bonds is 3. The van der Waals surface area contributed by atoms with E-state index in [9.17, 15) is 9.59 Å². The largest absolute Gasteiger partial charge is 0.493 e. The predicted molar refractivity (Wildman–Crippen MR) is 62.2 cm³/mol. The van der Waals surface area contributed by atoms with Crippen LogP contribution in [0.15, 0.2) is 18.2 Å². The highest BCUT2D eigenvalue weighted by molar-refractivity contribution is 6.39. The fraction of sp³-hybridized carbons (Fsp3) is 0.273. The molecular weight excluding hydrogens is 224 g/mol. The predicted octanol–water partition coefficient (Wildman–Crippen LogP) is 0.388. The maximum atomic E-state index is 11.3. The van der Waals surface area contributed by atoms with E-state index in [4.69, 9.17) is 9.47 Å². The molecule has 0 fully saturated rings. The maximum Gasteiger partial charge on any atom is 0.313 e. The van der Waals surface area contributed by atoms with Gasteiger partial charge >= 0.3 is 11.8 Å². The van der Waals surface area contributed by atoms with E-state index in [1.807, 2.05) is 0 Å². The fourth-order valence-corrected chi connectivity index (χ4v) is 1.22. The minimum absolute atomic E-state index is 0.455. The molecule has 1 rings (SSSR count). The number of hydrogen-bond donors (Lipinski definition) is 2. The Balaban J connectivity index is 2.86. The van der Waals surface area contributed by atoms with E-state index in [-0.39, 0.29) is 0 Å². The molecule has 92 valence electrons. The highest BCUT2D eigenvalue weighted by Crippen LogP contribution is 2.29. The van der Waals surface area contributed by atoms with Crippen LogP contribution < -0.4 is 20.1 Å². The standard InChI is InChI=1S/C11H14N2O4/c1-12-10(14)11(15)13-7-4-5-8(16-2)9(6-7)17-3/h4-6H,1-3H3,(H,12,14)(H,13,15). The third-order valence-electron chi connectivity index (χ3n) is 2.07. The molecule has 1 aromatic carbocycles. The third kappa shape index (κ3) is 3.10. The minimum atomic E-state index is -0.736. The van der Waals surface area contributed by atoms with Crippen LogP contribution in [-0.4, -0.2) is 33.1 Å². The third-order valence-corrected chi connectivity index (χ3v) is 2.07. The molecule has 0 spiro atoms. The number of benzene rings is 1. The van der Waals surface area contributed by atoms with Crippen molar-refractivity contribution in [3.05, 3.63) is 18.2 Å². The number of hydrogen-bond acceptors (Lipinski definition) is 4. The molecule has 0 radical (unpaired) electrons. The number of methoxy groups -OCH3 is 2. The molecule has 0 aliphatic rings. The van der Waals surface area contributed by atoms with Gasteiger partial charge in [0.15, 0.2) is 11.5 Å². The molecule has 0 aliphatic carbocycles. The Morgan fingerprint density at radius 1 is 1.06 bits per heavy atom. The summed E-state index contributed by atoms with van der Waals surface area (Å²) in [5.41, 5.74) is 0.455. The Morgan fingerprint density at radius 3 is 2.24 bits per heavy atom. The van der Waals surface area contributed by atoms with Crippen LogP contribution in [0.1, 0.15) is 0 Å². The lowest BCUT2D eigenvalue weighted by Gasteiger charge is -2.10. The maximum absolute atomic E-state index is 11.3. The molecule has 0 aliphatic heterocycles. The molecule has 2 amide bonds. The summed E-state index contributed by atoms with van der Waals surface area (Å²) >= 11 is 0. The van der Waals surface area contributed by atoms with Gasteiger partial charge in [-0.05, 0) is 12.1 Å². The van der Waals surface area contributed by atoms with Gasteiger partial charge in [-0.1, -0.05) is 0 Å². The van der Waals surface area contributed by atoms with Gasteiger partial charge in [-0.2, -0.15) is 0 Å². The fourth-order valence-electron chi connectivity index (χ4n) is 1.22. The highest BCUT2D eigenvalue weighted by atomic mass is 16.5. The number of nitrogens with one attached hydrogen (secondary N) is 2. The summed E-state index contributed by atoms with van der Waals surface area (Å²) < 4.78 is 10.1. The van der Waals surface area contributed by atoms with E-state index in [0.29, 0.717) is 17.2 Å². The molecule has 0 aromatic heterocycles. The topological polar surface area (TPSA) is 76.7 Å². The second-order valence-electron chi connectivity index (χ2n) is 3.10. The molecular formula is C11H14N2O4. The molecule has 17 heavy (non-hydrogen) atoms. The van der Waals surface area contributed by atoms with Gasteiger partial charge in [0.05, 0.1) is 14.2 Å². The summed E-state index contributed by atoms with van der Waals surface area (Å²) in [5.74, 6) is -0.424. The van der Waals surface area contributed by atoms with Crippen molar-refractivity contribution >= 4 is 17.5 Å². The average Bonchev–Trinajstić information content (AvgIpc) is 2.37. The van der Waals surface area contributed by atoms with Crippen molar-refractivity contribution in [2.45, 2.75) is 0 Å². The van der Waals surface area contributed by atoms with Crippen molar-refractivity contribution in [1.82, 2.24) is 5.32 Å². The van der Waals surface area contributed by atoms with E-state index >= 15 is 0 Å². The van der Waals surface area contributed by atoms with Crippen molar-refractivity contribution in [2.24, 2.45) is 0 Å². The molecule has 0 bridgehead atoms. The Bertz CT molecular complexity index is 431. The van der Waals surface area contributed by atoms with Gasteiger partial charge in [0.2, 0.25) is 0 Å². The van der Waals surface area contributed by atoms with Gasteiger partial charge in [0, 0.05) is 18.8 Å². The normalized spacial score (nSPS) is 9.35. The molecule has 0 saturated heterocycles. The Kier molecular flexibility index (Phi) is 4.33. The van der Waals surface area contributed by atoms with E-state index in [0.717, 1.165) is 0 Å². The van der Waals surface area contributed by atoms with Crippen LogP contribution in [0.3, 0.4) is 0 Å². The molecule has 6 heteroatoms. The smallest absolute Gasteiger partial charge is 0.313 e. The molecule has 2 N–H and O–H groups in total. The molecule has 0 unspecified atom stereocenters. The van der Waals surface area contributed by atoms with E-state index in [1.54, 1.807) is 18.2 Å². The van der Waals surface area contributed by atoms with Crippen molar-refractivity contribution < 1.29 is 19.1 Å². The Morgan fingerprint density at radius 2 is 1.71 bits per heavy atom. The Hall–Kier alpha value is -2.24. The number of likely N-dealkylation sites (N-methyl/N-ethyl adjacent to an activating group) is 1. The zero-order valence-corrected chi connectivity index (χ0v) is 9.87. The van der Waals surface area contributed by atoms with Crippen LogP contribution in [0.25, 0.3) is 0 Å². The monoisotopic (exact) mass is 238 g/mol. The average molecular weight is 238 g/mol. The molecule has 0 heterocycles. The van der Waals surface area contributed by atoms with Gasteiger partial charge in [-0.15, -0.1) is 0 Å². The van der Waals surface area contributed by atoms with Crippen LogP contribution in [-0.2, 0) is 9.59 Å². The van der Waals surface area contributed by atoms with Crippen LogP contribution in [0.4, 0.5) is 5.69 Å². The summed E-state index contributed by atoms with van der Waals surface area (Å²) in [5, 5.41) is 4.66. The summed E-state index contributed by atoms with van der Waals surface area (Å²) in [6, 6.07) is 4.82. The summed E-state index contributed by atoms with van der Waals surface area (Å²) in [4.78, 5) is 22.3. The van der Waals surface area contributed by atoms with Gasteiger partial charge in [-0.25, -0.2) is 0 Å². The number of carbonyl (C=O) groups excluding carboxylic acids is 2. The van der Waals surface area contributed by atoms with Gasteiger partial charge in [0.1, 0.15) is 0 Å². The lowest BCUT2D eigenvalue weighted by Crippen LogP contribution is -2.32. The first-order valence-electron chi connectivity index (χ1n) is 4.87. The second-order valence-corrected chi connectivity index (χ2v) is 3.10. The van der Waals surface area contributed by atoms with Crippen molar-refractivity contribution in [1.29, 1.82) is 0 Å². The molecule has 1 aromatic rings. The van der Waals surface area contributed by atoms with Crippen molar-refractivity contribution in [3.63, 3.8) is 0 Å². The second kappa shape index (κ2) is 5.74. The molecule has 6 nitrogen and oxygen atoms in total. The summed E-state index contributed by atoms with van der Waals surface area (Å²) in [6.45, 7) is 0. The Labute approximate surface area is 98.9 Å². The van der Waals surface area contributed by atoms with Gasteiger partial charge in [-0.3, -0.25) is 9.59 Å². The first-order valence-corrected chi connectivity index (χ1v) is 4.87. The van der Waals surface area contributed by atoms with Crippen LogP contribution >= 0.6 is 0 Å². The number of anilines is 1. The van der Waals surface area contributed by atoms with Crippen LogP contribution in [0.2, 0.25) is 0 Å². The first-order chi connectivity index (χ1) is 8.12. The van der Waals surface area contributed by atoms with E-state index < -0.39 is 11.8 Å². The van der Waals surface area contributed by atoms with Gasteiger partial charge < -0.3 is 20.1 Å². The van der Waals surface area contributed by atoms with E-state index in [2.05, 4.69) is 10.6 Å². The van der Waals surface area contributed by atoms with Crippen molar-refractivity contribution in [3.8, 4) is 11.5 Å². The van der Waals surface area contributed by atoms with Gasteiger partial charge in [0.25, 0.3) is 0 Å². The lowest BCUT2D eigenvalue weighted by molar-refractivity contribution is -0.135. The lowest BCUT2D eigenvalue weighted by atomic mass is 10.2. The van der Waals surface area contributed by atoms with Crippen LogP contribution in [0.5, 0.6) is 11.5 Å². The molecule has 0 saturated carbocycles. The number of carbonyl (C=O) groups is 2. The summed E-state index contributed by atoms with van der Waals surface area (Å²) in [7, 11) is 4.39. The zero-order chi connectivity index (χ0) is 12.8. The SMILES string of the molecule is CNC(=O)C(=O)Nc1ccc(OC)c(OC)c1. The number of amides is 2. The minimum Gasteiger partial charge on any atom is -0.493 e. The van der Waals surface area contributed by atoms with E-state index in [1.165, 1.54) is 21.3 Å².